The predicted molar refractivity (Wildman–Crippen MR) is 74.7 cm³/mol. The van der Waals surface area contributed by atoms with Crippen molar-refractivity contribution in [1.82, 2.24) is 4.98 Å². The molecule has 0 amide bonds. The van der Waals surface area contributed by atoms with Crippen LogP contribution in [0.4, 0.5) is 5.82 Å². The van der Waals surface area contributed by atoms with Crippen molar-refractivity contribution in [2.75, 3.05) is 11.8 Å². The number of pyridine rings is 1. The van der Waals surface area contributed by atoms with Crippen LogP contribution in [0.25, 0.3) is 0 Å². The molecule has 0 saturated heterocycles. The van der Waals surface area contributed by atoms with E-state index in [-0.39, 0.29) is 5.82 Å². The van der Waals surface area contributed by atoms with Gasteiger partial charge < -0.3 is 4.74 Å². The van der Waals surface area contributed by atoms with Crippen molar-refractivity contribution in [2.45, 2.75) is 31.4 Å². The molecule has 1 fully saturated rings. The van der Waals surface area contributed by atoms with E-state index in [1.165, 1.54) is 7.11 Å². The number of rotatable bonds is 4. The van der Waals surface area contributed by atoms with E-state index in [1.54, 1.807) is 25.1 Å². The maximum absolute atomic E-state index is 12.4. The molecule has 1 aliphatic rings. The van der Waals surface area contributed by atoms with E-state index in [4.69, 9.17) is 0 Å². The highest BCUT2D eigenvalue weighted by atomic mass is 32.2. The second kappa shape index (κ2) is 5.78. The lowest BCUT2D eigenvalue weighted by Crippen LogP contribution is -2.35. The number of aryl methyl sites for hydroxylation is 1. The van der Waals surface area contributed by atoms with Gasteiger partial charge in [0.05, 0.1) is 18.3 Å². The van der Waals surface area contributed by atoms with Gasteiger partial charge in [-0.05, 0) is 31.9 Å². The number of carbonyl (C=O) groups excluding carboxylic acids is 1. The third kappa shape index (κ3) is 3.09. The number of carbonyl (C=O) groups is 1. The Bertz CT molecular complexity index is 600. The number of methoxy groups -OCH3 is 1. The molecule has 6 nitrogen and oxygen atoms in total. The molecule has 2 atom stereocenters. The smallest absolute Gasteiger partial charge is 0.310 e. The monoisotopic (exact) mass is 298 g/mol. The average Bonchev–Trinajstić information content (AvgIpc) is 2.87. The molecule has 20 heavy (non-hydrogen) atoms. The molecule has 0 aliphatic heterocycles. The summed E-state index contributed by atoms with van der Waals surface area (Å²) in [6, 6.07) is 5.10. The zero-order valence-corrected chi connectivity index (χ0v) is 12.3. The lowest BCUT2D eigenvalue weighted by molar-refractivity contribution is -0.145. The van der Waals surface area contributed by atoms with Gasteiger partial charge in [0.2, 0.25) is 10.0 Å². The molecule has 2 unspecified atom stereocenters. The van der Waals surface area contributed by atoms with Crippen molar-refractivity contribution in [3.05, 3.63) is 23.9 Å². The molecular formula is C13H18N2O4S. The van der Waals surface area contributed by atoms with Crippen molar-refractivity contribution >= 4 is 21.8 Å². The van der Waals surface area contributed by atoms with Crippen LogP contribution < -0.4 is 4.72 Å². The topological polar surface area (TPSA) is 85.4 Å². The Morgan fingerprint density at radius 1 is 1.40 bits per heavy atom. The number of sulfonamides is 1. The number of esters is 1. The van der Waals surface area contributed by atoms with E-state index in [0.717, 1.165) is 5.69 Å². The van der Waals surface area contributed by atoms with Crippen LogP contribution in [0, 0.1) is 12.8 Å². The second-order valence-corrected chi connectivity index (χ2v) is 6.81. The lowest BCUT2D eigenvalue weighted by Gasteiger charge is -2.18. The molecule has 0 aromatic carbocycles. The van der Waals surface area contributed by atoms with Crippen LogP contribution in [0.5, 0.6) is 0 Å². The van der Waals surface area contributed by atoms with Crippen molar-refractivity contribution in [3.63, 3.8) is 0 Å². The molecule has 1 aromatic heterocycles. The highest BCUT2D eigenvalue weighted by Crippen LogP contribution is 2.32. The summed E-state index contributed by atoms with van der Waals surface area (Å²) in [5.41, 5.74) is 0.723. The summed E-state index contributed by atoms with van der Waals surface area (Å²) in [6.07, 6.45) is 1.70. The Hall–Kier alpha value is -1.63. The van der Waals surface area contributed by atoms with Crippen LogP contribution >= 0.6 is 0 Å². The fourth-order valence-electron chi connectivity index (χ4n) is 2.54. The molecule has 0 radical (unpaired) electrons. The van der Waals surface area contributed by atoms with Gasteiger partial charge in [-0.15, -0.1) is 0 Å². The van der Waals surface area contributed by atoms with E-state index in [0.29, 0.717) is 19.3 Å². The predicted octanol–water partition coefficient (Wildman–Crippen LogP) is 1.47. The van der Waals surface area contributed by atoms with E-state index < -0.39 is 27.2 Å². The third-order valence-corrected chi connectivity index (χ3v) is 5.35. The average molecular weight is 298 g/mol. The molecule has 0 bridgehead atoms. The van der Waals surface area contributed by atoms with Gasteiger partial charge in [0.1, 0.15) is 5.82 Å². The number of anilines is 1. The number of aromatic nitrogens is 1. The van der Waals surface area contributed by atoms with Crippen LogP contribution in [0.2, 0.25) is 0 Å². The molecule has 7 heteroatoms. The summed E-state index contributed by atoms with van der Waals surface area (Å²) in [5.74, 6) is -0.780. The molecule has 1 aliphatic carbocycles. The number of hydrogen-bond acceptors (Lipinski definition) is 5. The van der Waals surface area contributed by atoms with E-state index in [2.05, 4.69) is 14.4 Å². The lowest BCUT2D eigenvalue weighted by atomic mass is 10.1. The summed E-state index contributed by atoms with van der Waals surface area (Å²) < 4.78 is 31.9. The van der Waals surface area contributed by atoms with Crippen LogP contribution in [-0.4, -0.2) is 31.7 Å². The van der Waals surface area contributed by atoms with Crippen LogP contribution in [0.15, 0.2) is 18.2 Å². The maximum atomic E-state index is 12.4. The van der Waals surface area contributed by atoms with Gasteiger partial charge in [0.15, 0.2) is 0 Å². The van der Waals surface area contributed by atoms with Gasteiger partial charge in [-0.25, -0.2) is 13.4 Å². The van der Waals surface area contributed by atoms with Gasteiger partial charge in [-0.3, -0.25) is 9.52 Å². The highest BCUT2D eigenvalue weighted by Gasteiger charge is 2.42. The molecule has 0 spiro atoms. The van der Waals surface area contributed by atoms with Gasteiger partial charge in [-0.2, -0.15) is 0 Å². The molecule has 1 N–H and O–H groups in total. The highest BCUT2D eigenvalue weighted by molar-refractivity contribution is 7.93. The molecule has 110 valence electrons. The Morgan fingerprint density at radius 2 is 2.15 bits per heavy atom. The number of ether oxygens (including phenoxy) is 1. The van der Waals surface area contributed by atoms with Crippen molar-refractivity contribution in [2.24, 2.45) is 5.92 Å². The summed E-state index contributed by atoms with van der Waals surface area (Å²) in [7, 11) is -2.37. The second-order valence-electron chi connectivity index (χ2n) is 4.91. The van der Waals surface area contributed by atoms with Gasteiger partial charge in [-0.1, -0.05) is 12.5 Å². The summed E-state index contributed by atoms with van der Waals surface area (Å²) in [4.78, 5) is 15.8. The minimum absolute atomic E-state index is 0.278. The zero-order valence-electron chi connectivity index (χ0n) is 11.5. The SMILES string of the molecule is COC(=O)C1CCCC1S(=O)(=O)Nc1cccc(C)n1. The molecule has 1 heterocycles. The zero-order chi connectivity index (χ0) is 14.8. The van der Waals surface area contributed by atoms with E-state index in [9.17, 15) is 13.2 Å². The molecular weight excluding hydrogens is 280 g/mol. The summed E-state index contributed by atoms with van der Waals surface area (Å²) in [6.45, 7) is 1.78. The fraction of sp³-hybridized carbons (Fsp3) is 0.538. The number of hydrogen-bond donors (Lipinski definition) is 1. The quantitative estimate of drug-likeness (QED) is 0.851. The van der Waals surface area contributed by atoms with E-state index in [1.807, 2.05) is 0 Å². The first-order chi connectivity index (χ1) is 9.44. The van der Waals surface area contributed by atoms with Crippen molar-refractivity contribution in [1.29, 1.82) is 0 Å². The Labute approximate surface area is 118 Å². The fourth-order valence-corrected chi connectivity index (χ4v) is 4.25. The molecule has 1 saturated carbocycles. The maximum Gasteiger partial charge on any atom is 0.310 e. The number of nitrogens with one attached hydrogen (secondary N) is 1. The molecule has 2 rings (SSSR count). The minimum Gasteiger partial charge on any atom is -0.469 e. The van der Waals surface area contributed by atoms with Crippen LogP contribution in [0.3, 0.4) is 0 Å². The van der Waals surface area contributed by atoms with E-state index >= 15 is 0 Å². The summed E-state index contributed by atoms with van der Waals surface area (Å²) >= 11 is 0. The van der Waals surface area contributed by atoms with Crippen LogP contribution in [0.1, 0.15) is 25.0 Å². The Kier molecular flexibility index (Phi) is 4.27. The first-order valence-electron chi connectivity index (χ1n) is 6.47. The first kappa shape index (κ1) is 14.8. The first-order valence-corrected chi connectivity index (χ1v) is 8.02. The normalized spacial score (nSPS) is 22.5. The van der Waals surface area contributed by atoms with Gasteiger partial charge in [0, 0.05) is 5.69 Å². The van der Waals surface area contributed by atoms with Crippen molar-refractivity contribution in [3.8, 4) is 0 Å². The third-order valence-electron chi connectivity index (χ3n) is 3.49. The van der Waals surface area contributed by atoms with Gasteiger partial charge in [0.25, 0.3) is 0 Å². The standard InChI is InChI=1S/C13H18N2O4S/c1-9-5-3-8-12(14-9)15-20(17,18)11-7-4-6-10(11)13(16)19-2/h3,5,8,10-11H,4,6-7H2,1-2H3,(H,14,15). The largest absolute Gasteiger partial charge is 0.469 e. The summed E-state index contributed by atoms with van der Waals surface area (Å²) in [5, 5.41) is -0.753. The van der Waals surface area contributed by atoms with Gasteiger partial charge >= 0.3 is 5.97 Å². The Morgan fingerprint density at radius 3 is 2.80 bits per heavy atom. The minimum atomic E-state index is -3.65. The number of nitrogens with zero attached hydrogens (tertiary/aromatic N) is 1. The molecule has 1 aromatic rings. The van der Waals surface area contributed by atoms with Crippen molar-refractivity contribution < 1.29 is 17.9 Å². The van der Waals surface area contributed by atoms with Crippen LogP contribution in [-0.2, 0) is 19.6 Å². The Balaban J connectivity index is 2.19.